The summed E-state index contributed by atoms with van der Waals surface area (Å²) in [4.78, 5) is 12.4. The van der Waals surface area contributed by atoms with Crippen molar-refractivity contribution in [3.8, 4) is 0 Å². The fraction of sp³-hybridized carbons (Fsp3) is 0.444. The molecule has 1 aromatic carbocycles. The van der Waals surface area contributed by atoms with Crippen LogP contribution in [0.3, 0.4) is 0 Å². The summed E-state index contributed by atoms with van der Waals surface area (Å²) in [7, 11) is 0. The van der Waals surface area contributed by atoms with Gasteiger partial charge in [-0.25, -0.2) is 0 Å². The summed E-state index contributed by atoms with van der Waals surface area (Å²) >= 11 is 5.93. The number of anilines is 1. The molecule has 0 atom stereocenters. The molecule has 0 aliphatic heterocycles. The van der Waals surface area contributed by atoms with Gasteiger partial charge in [-0.05, 0) is 50.3 Å². The molecule has 1 N–H and O–H groups in total. The zero-order valence-corrected chi connectivity index (χ0v) is 15.0. The highest BCUT2D eigenvalue weighted by Gasteiger charge is 2.39. The fourth-order valence-corrected chi connectivity index (χ4v) is 3.43. The second-order valence-electron chi connectivity index (χ2n) is 6.50. The molecular formula is C18H19ClF3N3O. The van der Waals surface area contributed by atoms with E-state index in [4.69, 9.17) is 11.6 Å². The molecule has 140 valence electrons. The highest BCUT2D eigenvalue weighted by atomic mass is 35.5. The molecule has 1 aliphatic rings. The summed E-state index contributed by atoms with van der Waals surface area (Å²) in [5.41, 5.74) is 1.26. The van der Waals surface area contributed by atoms with Crippen LogP contribution in [-0.4, -0.2) is 15.7 Å². The number of hydrogen-bond donors (Lipinski definition) is 1. The van der Waals surface area contributed by atoms with Crippen molar-refractivity contribution in [1.29, 1.82) is 0 Å². The summed E-state index contributed by atoms with van der Waals surface area (Å²) in [6.07, 6.45) is -1.29. The van der Waals surface area contributed by atoms with Crippen molar-refractivity contribution in [2.24, 2.45) is 0 Å². The molecule has 0 saturated carbocycles. The first-order valence-corrected chi connectivity index (χ1v) is 8.85. The van der Waals surface area contributed by atoms with E-state index in [-0.39, 0.29) is 12.1 Å². The molecule has 1 amide bonds. The minimum absolute atomic E-state index is 0.238. The van der Waals surface area contributed by atoms with E-state index in [2.05, 4.69) is 10.4 Å². The van der Waals surface area contributed by atoms with Gasteiger partial charge in [-0.15, -0.1) is 0 Å². The lowest BCUT2D eigenvalue weighted by atomic mass is 10.1. The zero-order chi connectivity index (χ0) is 18.9. The van der Waals surface area contributed by atoms with E-state index in [1.54, 1.807) is 18.2 Å². The molecule has 0 radical (unpaired) electrons. The molecule has 26 heavy (non-hydrogen) atoms. The van der Waals surface area contributed by atoms with Crippen LogP contribution < -0.4 is 5.32 Å². The highest BCUT2D eigenvalue weighted by Crippen LogP contribution is 2.35. The number of halogens is 4. The van der Waals surface area contributed by atoms with Crippen LogP contribution in [0.5, 0.6) is 0 Å². The van der Waals surface area contributed by atoms with E-state index in [1.807, 2.05) is 6.92 Å². The quantitative estimate of drug-likeness (QED) is 0.773. The standard InChI is InChI=1S/C18H19ClF3N3O/c1-11-7-8-12(19)9-14(11)23-16(26)10-25-15-6-4-2-3-5-13(15)17(24-25)18(20,21)22/h7-9H,2-6,10H2,1H3,(H,23,26). The van der Waals surface area contributed by atoms with E-state index in [0.29, 0.717) is 35.7 Å². The number of rotatable bonds is 3. The maximum absolute atomic E-state index is 13.3. The topological polar surface area (TPSA) is 46.9 Å². The van der Waals surface area contributed by atoms with Gasteiger partial charge in [0.25, 0.3) is 0 Å². The van der Waals surface area contributed by atoms with Crippen molar-refractivity contribution in [3.05, 3.63) is 45.7 Å². The number of aromatic nitrogens is 2. The first-order valence-electron chi connectivity index (χ1n) is 8.47. The Morgan fingerprint density at radius 3 is 2.73 bits per heavy atom. The summed E-state index contributed by atoms with van der Waals surface area (Å²) in [5, 5.41) is 6.91. The van der Waals surface area contributed by atoms with Crippen LogP contribution in [0.25, 0.3) is 0 Å². The van der Waals surface area contributed by atoms with E-state index < -0.39 is 17.8 Å². The van der Waals surface area contributed by atoms with Gasteiger partial charge in [-0.3, -0.25) is 9.48 Å². The number of carbonyl (C=O) groups is 1. The number of fused-ring (bicyclic) bond motifs is 1. The SMILES string of the molecule is Cc1ccc(Cl)cc1NC(=O)Cn1nc(C(F)(F)F)c2c1CCCCC2. The molecule has 0 bridgehead atoms. The Morgan fingerprint density at radius 1 is 1.27 bits per heavy atom. The molecule has 0 saturated heterocycles. The normalized spacial score (nSPS) is 14.7. The average Bonchev–Trinajstić information content (AvgIpc) is 2.74. The Bertz CT molecular complexity index is 830. The molecule has 3 rings (SSSR count). The summed E-state index contributed by atoms with van der Waals surface area (Å²) in [6.45, 7) is 1.55. The van der Waals surface area contributed by atoms with Gasteiger partial charge in [0.1, 0.15) is 6.54 Å². The van der Waals surface area contributed by atoms with Crippen LogP contribution in [0.15, 0.2) is 18.2 Å². The summed E-state index contributed by atoms with van der Waals surface area (Å²) in [5.74, 6) is -0.432. The Labute approximate surface area is 154 Å². The number of carbonyl (C=O) groups excluding carboxylic acids is 1. The lowest BCUT2D eigenvalue weighted by molar-refractivity contribution is -0.142. The van der Waals surface area contributed by atoms with Crippen LogP contribution in [-0.2, 0) is 30.4 Å². The number of nitrogens with zero attached hydrogens (tertiary/aromatic N) is 2. The van der Waals surface area contributed by atoms with Crippen molar-refractivity contribution in [2.45, 2.75) is 51.7 Å². The smallest absolute Gasteiger partial charge is 0.324 e. The first-order chi connectivity index (χ1) is 12.3. The maximum Gasteiger partial charge on any atom is 0.435 e. The van der Waals surface area contributed by atoms with Crippen molar-refractivity contribution in [2.75, 3.05) is 5.32 Å². The molecule has 8 heteroatoms. The van der Waals surface area contributed by atoms with Crippen molar-refractivity contribution in [3.63, 3.8) is 0 Å². The van der Waals surface area contributed by atoms with Crippen LogP contribution in [0, 0.1) is 6.92 Å². The molecule has 1 heterocycles. The fourth-order valence-electron chi connectivity index (χ4n) is 3.26. The number of nitrogens with one attached hydrogen (secondary N) is 1. The Morgan fingerprint density at radius 2 is 2.00 bits per heavy atom. The number of amides is 1. The van der Waals surface area contributed by atoms with Crippen molar-refractivity contribution < 1.29 is 18.0 Å². The van der Waals surface area contributed by atoms with Gasteiger partial charge in [0.05, 0.1) is 0 Å². The predicted octanol–water partition coefficient (Wildman–Crippen LogP) is 4.77. The zero-order valence-electron chi connectivity index (χ0n) is 14.3. The molecule has 0 unspecified atom stereocenters. The van der Waals surface area contributed by atoms with Gasteiger partial charge >= 0.3 is 6.18 Å². The molecular weight excluding hydrogens is 367 g/mol. The third-order valence-electron chi connectivity index (χ3n) is 4.54. The minimum atomic E-state index is -4.51. The lowest BCUT2D eigenvalue weighted by Crippen LogP contribution is -2.22. The van der Waals surface area contributed by atoms with Gasteiger partial charge in [-0.2, -0.15) is 18.3 Å². The number of benzene rings is 1. The number of aryl methyl sites for hydroxylation is 1. The molecule has 2 aromatic rings. The Kier molecular flexibility index (Phi) is 5.27. The lowest BCUT2D eigenvalue weighted by Gasteiger charge is -2.11. The van der Waals surface area contributed by atoms with Gasteiger partial charge in [-0.1, -0.05) is 24.1 Å². The van der Waals surface area contributed by atoms with Crippen LogP contribution >= 0.6 is 11.6 Å². The monoisotopic (exact) mass is 385 g/mol. The predicted molar refractivity (Wildman–Crippen MR) is 93.3 cm³/mol. The van der Waals surface area contributed by atoms with Crippen molar-refractivity contribution in [1.82, 2.24) is 9.78 Å². The van der Waals surface area contributed by atoms with Gasteiger partial charge in [0, 0.05) is 22.0 Å². The average molecular weight is 386 g/mol. The second kappa shape index (κ2) is 7.31. The molecule has 1 aromatic heterocycles. The van der Waals surface area contributed by atoms with Gasteiger partial charge in [0.2, 0.25) is 5.91 Å². The van der Waals surface area contributed by atoms with E-state index >= 15 is 0 Å². The van der Waals surface area contributed by atoms with E-state index in [9.17, 15) is 18.0 Å². The number of hydrogen-bond acceptors (Lipinski definition) is 2. The van der Waals surface area contributed by atoms with Gasteiger partial charge in [0.15, 0.2) is 5.69 Å². The van der Waals surface area contributed by atoms with Gasteiger partial charge < -0.3 is 5.32 Å². The first kappa shape index (κ1) is 18.8. The third kappa shape index (κ3) is 4.03. The third-order valence-corrected chi connectivity index (χ3v) is 4.78. The molecule has 0 fully saturated rings. The second-order valence-corrected chi connectivity index (χ2v) is 6.93. The van der Waals surface area contributed by atoms with E-state index in [0.717, 1.165) is 18.4 Å². The highest BCUT2D eigenvalue weighted by molar-refractivity contribution is 6.31. The van der Waals surface area contributed by atoms with Crippen LogP contribution in [0.1, 0.15) is 41.8 Å². The van der Waals surface area contributed by atoms with E-state index in [1.165, 1.54) is 4.68 Å². The van der Waals surface area contributed by atoms with Crippen molar-refractivity contribution >= 4 is 23.2 Å². The summed E-state index contributed by atoms with van der Waals surface area (Å²) < 4.78 is 41.1. The largest absolute Gasteiger partial charge is 0.435 e. The minimum Gasteiger partial charge on any atom is -0.324 e. The maximum atomic E-state index is 13.3. The summed E-state index contributed by atoms with van der Waals surface area (Å²) in [6, 6.07) is 5.08. The van der Waals surface area contributed by atoms with Crippen LogP contribution in [0.4, 0.5) is 18.9 Å². The number of alkyl halides is 3. The Hall–Kier alpha value is -2.02. The molecule has 4 nitrogen and oxygen atoms in total. The Balaban J connectivity index is 1.86. The van der Waals surface area contributed by atoms with Crippen LogP contribution in [0.2, 0.25) is 5.02 Å². The molecule has 1 aliphatic carbocycles. The molecule has 0 spiro atoms.